The maximum atomic E-state index is 12.1. The van der Waals surface area contributed by atoms with Crippen molar-refractivity contribution in [3.63, 3.8) is 0 Å². The van der Waals surface area contributed by atoms with Gasteiger partial charge in [-0.25, -0.2) is 0 Å². The number of aromatic hydroxyl groups is 2. The molecule has 10 nitrogen and oxygen atoms in total. The fraction of sp³-hybridized carbons (Fsp3) is 0. The minimum Gasteiger partial charge on any atom is -0.506 e. The van der Waals surface area contributed by atoms with E-state index in [1.165, 1.54) is 12.1 Å². The van der Waals surface area contributed by atoms with Crippen LogP contribution in [0.15, 0.2) is 75.8 Å². The first-order valence-corrected chi connectivity index (χ1v) is 10.1. The second-order valence-corrected chi connectivity index (χ2v) is 7.92. The van der Waals surface area contributed by atoms with Gasteiger partial charge in [0.15, 0.2) is 0 Å². The van der Waals surface area contributed by atoms with Gasteiger partial charge in [0.05, 0.1) is 4.92 Å². The highest BCUT2D eigenvalue weighted by molar-refractivity contribution is 7.86. The van der Waals surface area contributed by atoms with E-state index < -0.39 is 37.1 Å². The first kappa shape index (κ1) is 20.2. The molecule has 156 valence electrons. The number of phenolic OH excluding ortho intramolecular Hbond substituents is 2. The molecule has 0 heterocycles. The Morgan fingerprint density at radius 2 is 1.48 bits per heavy atom. The highest BCUT2D eigenvalue weighted by Crippen LogP contribution is 2.43. The molecule has 0 aliphatic heterocycles. The minimum absolute atomic E-state index is 0.0120. The number of fused-ring (bicyclic) bond motifs is 2. The van der Waals surface area contributed by atoms with E-state index in [0.717, 1.165) is 23.6 Å². The number of hydrogen-bond donors (Lipinski definition) is 3. The first-order chi connectivity index (χ1) is 14.7. The van der Waals surface area contributed by atoms with Gasteiger partial charge < -0.3 is 10.2 Å². The van der Waals surface area contributed by atoms with Gasteiger partial charge in [-0.3, -0.25) is 14.7 Å². The van der Waals surface area contributed by atoms with Crippen LogP contribution in [0.25, 0.3) is 21.5 Å². The van der Waals surface area contributed by atoms with Crippen LogP contribution < -0.4 is 0 Å². The van der Waals surface area contributed by atoms with Crippen molar-refractivity contribution < 1.29 is 28.1 Å². The molecule has 11 heteroatoms. The van der Waals surface area contributed by atoms with Gasteiger partial charge >= 0.3 is 0 Å². The van der Waals surface area contributed by atoms with E-state index in [1.807, 2.05) is 0 Å². The molecule has 4 aromatic rings. The lowest BCUT2D eigenvalue weighted by Gasteiger charge is -2.09. The maximum absolute atomic E-state index is 12.1. The minimum atomic E-state index is -4.98. The molecule has 0 saturated heterocycles. The van der Waals surface area contributed by atoms with Crippen LogP contribution in [0.1, 0.15) is 0 Å². The highest BCUT2D eigenvalue weighted by Gasteiger charge is 2.25. The largest absolute Gasteiger partial charge is 0.506 e. The van der Waals surface area contributed by atoms with Crippen molar-refractivity contribution in [1.29, 1.82) is 0 Å². The van der Waals surface area contributed by atoms with Crippen LogP contribution in [0, 0.1) is 10.1 Å². The predicted octanol–water partition coefficient (Wildman–Crippen LogP) is 4.97. The number of rotatable bonds is 4. The molecule has 0 fully saturated rings. The van der Waals surface area contributed by atoms with Crippen molar-refractivity contribution >= 4 is 48.7 Å². The van der Waals surface area contributed by atoms with Gasteiger partial charge in [0.1, 0.15) is 27.8 Å². The number of hydrogen-bond acceptors (Lipinski definition) is 8. The predicted molar refractivity (Wildman–Crippen MR) is 112 cm³/mol. The summed E-state index contributed by atoms with van der Waals surface area (Å²) in [5.41, 5.74) is -1.03. The normalized spacial score (nSPS) is 12.0. The van der Waals surface area contributed by atoms with E-state index in [2.05, 4.69) is 10.2 Å². The molecule has 0 atom stereocenters. The lowest BCUT2D eigenvalue weighted by Crippen LogP contribution is -2.01. The van der Waals surface area contributed by atoms with Gasteiger partial charge in [-0.05, 0) is 29.0 Å². The molecule has 0 aromatic heterocycles. The zero-order valence-electron chi connectivity index (χ0n) is 15.5. The van der Waals surface area contributed by atoms with Crippen molar-refractivity contribution in [2.75, 3.05) is 0 Å². The molecular weight excluding hydrogens is 426 g/mol. The van der Waals surface area contributed by atoms with E-state index in [1.54, 1.807) is 30.3 Å². The van der Waals surface area contributed by atoms with Gasteiger partial charge in [-0.15, -0.1) is 10.2 Å². The van der Waals surface area contributed by atoms with Crippen molar-refractivity contribution in [3.05, 3.63) is 70.8 Å². The van der Waals surface area contributed by atoms with Crippen molar-refractivity contribution in [3.8, 4) is 11.5 Å². The second-order valence-electron chi connectivity index (χ2n) is 6.57. The van der Waals surface area contributed by atoms with Gasteiger partial charge in [0.25, 0.3) is 15.8 Å². The molecule has 0 bridgehead atoms. The Labute approximate surface area is 174 Å². The van der Waals surface area contributed by atoms with Crippen molar-refractivity contribution in [2.45, 2.75) is 4.90 Å². The lowest BCUT2D eigenvalue weighted by molar-refractivity contribution is -0.384. The zero-order valence-corrected chi connectivity index (χ0v) is 16.3. The molecule has 4 aromatic carbocycles. The summed E-state index contributed by atoms with van der Waals surface area (Å²) in [6, 6.07) is 14.4. The Kier molecular flexibility index (Phi) is 4.76. The first-order valence-electron chi connectivity index (χ1n) is 8.71. The third-order valence-corrected chi connectivity index (χ3v) is 5.56. The van der Waals surface area contributed by atoms with E-state index in [4.69, 9.17) is 0 Å². The molecule has 0 saturated carbocycles. The van der Waals surface area contributed by atoms with E-state index >= 15 is 0 Å². The Morgan fingerprint density at radius 3 is 2.19 bits per heavy atom. The fourth-order valence-corrected chi connectivity index (χ4v) is 4.09. The van der Waals surface area contributed by atoms with Crippen LogP contribution in [0.5, 0.6) is 11.5 Å². The second kappa shape index (κ2) is 7.31. The Bertz CT molecular complexity index is 1510. The van der Waals surface area contributed by atoms with Crippen LogP contribution in [0.4, 0.5) is 17.1 Å². The highest BCUT2D eigenvalue weighted by atomic mass is 32.2. The number of nitro benzene ring substituents is 1. The summed E-state index contributed by atoms with van der Waals surface area (Å²) in [4.78, 5) is 9.54. The molecule has 0 radical (unpaired) electrons. The molecule has 0 spiro atoms. The van der Waals surface area contributed by atoms with E-state index in [9.17, 15) is 33.3 Å². The van der Waals surface area contributed by atoms with Crippen LogP contribution in [-0.4, -0.2) is 28.1 Å². The molecule has 0 unspecified atom stereocenters. The average molecular weight is 439 g/mol. The Morgan fingerprint density at radius 1 is 0.806 bits per heavy atom. The quantitative estimate of drug-likeness (QED) is 0.175. The van der Waals surface area contributed by atoms with Gasteiger partial charge in [-0.1, -0.05) is 30.3 Å². The number of phenols is 2. The lowest BCUT2D eigenvalue weighted by atomic mass is 10.1. The SMILES string of the molecule is O=[N+]([O-])c1ccc2cc(O)c(N=Nc3c(O)ccc4ccccc34)c(S(=O)(=O)O)c2c1. The topological polar surface area (TPSA) is 163 Å². The van der Waals surface area contributed by atoms with Crippen molar-refractivity contribution in [1.82, 2.24) is 0 Å². The fourth-order valence-electron chi connectivity index (χ4n) is 3.25. The summed E-state index contributed by atoms with van der Waals surface area (Å²) in [7, 11) is -4.98. The molecule has 0 amide bonds. The third-order valence-electron chi connectivity index (χ3n) is 4.63. The van der Waals surface area contributed by atoms with Crippen LogP contribution in [0.2, 0.25) is 0 Å². The molecule has 31 heavy (non-hydrogen) atoms. The van der Waals surface area contributed by atoms with Gasteiger partial charge in [-0.2, -0.15) is 8.42 Å². The summed E-state index contributed by atoms with van der Waals surface area (Å²) in [6.45, 7) is 0. The molecular formula is C20H13N3O7S. The molecule has 4 rings (SSSR count). The summed E-state index contributed by atoms with van der Waals surface area (Å²) in [6.07, 6.45) is 0. The number of azo groups is 1. The van der Waals surface area contributed by atoms with Crippen molar-refractivity contribution in [2.24, 2.45) is 10.2 Å². The molecule has 0 aliphatic rings. The molecule has 0 aliphatic carbocycles. The number of nitro groups is 1. The smallest absolute Gasteiger partial charge is 0.297 e. The van der Waals surface area contributed by atoms with Crippen LogP contribution in [-0.2, 0) is 10.1 Å². The average Bonchev–Trinajstić information content (AvgIpc) is 2.71. The number of benzene rings is 4. The maximum Gasteiger partial charge on any atom is 0.297 e. The summed E-state index contributed by atoms with van der Waals surface area (Å²) >= 11 is 0. The summed E-state index contributed by atoms with van der Waals surface area (Å²) in [5, 5.41) is 40.5. The summed E-state index contributed by atoms with van der Waals surface area (Å²) < 4.78 is 34.0. The van der Waals surface area contributed by atoms with Gasteiger partial charge in [0.2, 0.25) is 0 Å². The van der Waals surface area contributed by atoms with E-state index in [-0.39, 0.29) is 22.2 Å². The standard InChI is InChI=1S/C20H13N3O7S/c24-16-8-6-11-3-1-2-4-14(11)18(16)21-22-19-17(25)9-12-5-7-13(23(26)27)10-15(12)20(19)31(28,29)30/h1-10,24-25H,(H,28,29,30). The third kappa shape index (κ3) is 3.63. The van der Waals surface area contributed by atoms with Gasteiger partial charge in [0, 0.05) is 22.9 Å². The summed E-state index contributed by atoms with van der Waals surface area (Å²) in [5.74, 6) is -0.871. The van der Waals surface area contributed by atoms with Crippen LogP contribution >= 0.6 is 0 Å². The molecule has 3 N–H and O–H groups in total. The zero-order chi connectivity index (χ0) is 22.3. The van der Waals surface area contributed by atoms with E-state index in [0.29, 0.717) is 5.39 Å². The Hall–Kier alpha value is -4.09. The number of non-ortho nitro benzene ring substituents is 1. The number of nitrogens with zero attached hydrogens (tertiary/aromatic N) is 3. The Balaban J connectivity index is 2.01. The monoisotopic (exact) mass is 439 g/mol. The van der Waals surface area contributed by atoms with Crippen LogP contribution in [0.3, 0.4) is 0 Å².